The molecular weight excluding hydrogens is 196 g/mol. The Morgan fingerprint density at radius 3 is 2.31 bits per heavy atom. The fourth-order valence-corrected chi connectivity index (χ4v) is 1.68. The fourth-order valence-electron chi connectivity index (χ4n) is 1.68. The molecule has 0 spiro atoms. The summed E-state index contributed by atoms with van der Waals surface area (Å²) in [7, 11) is 0. The molecule has 0 bridgehead atoms. The molecule has 0 fully saturated rings. The summed E-state index contributed by atoms with van der Waals surface area (Å²) in [6.45, 7) is 6.52. The number of aliphatic hydroxyl groups is 1. The van der Waals surface area contributed by atoms with Gasteiger partial charge in [0.25, 0.3) is 0 Å². The second-order valence-corrected chi connectivity index (χ2v) is 4.88. The van der Waals surface area contributed by atoms with E-state index in [1.165, 1.54) is 32.1 Å². The van der Waals surface area contributed by atoms with Crippen LogP contribution in [0.15, 0.2) is 24.0 Å². The Balaban J connectivity index is 3.27. The highest BCUT2D eigenvalue weighted by atomic mass is 16.3. The van der Waals surface area contributed by atoms with E-state index in [4.69, 9.17) is 0 Å². The molecule has 0 aliphatic rings. The lowest BCUT2D eigenvalue weighted by molar-refractivity contribution is 0.380. The molecule has 0 atom stereocenters. The molecule has 1 N–H and O–H groups in total. The molecule has 0 aliphatic carbocycles. The van der Waals surface area contributed by atoms with E-state index in [2.05, 4.69) is 13.8 Å². The molecule has 1 heteroatoms. The Hall–Kier alpha value is -0.720. The molecule has 94 valence electrons. The SMILES string of the molecule is CC=CC=C(O)CCCCCCCC(C)C. The van der Waals surface area contributed by atoms with Crippen molar-refractivity contribution in [1.82, 2.24) is 0 Å². The first-order valence-electron chi connectivity index (χ1n) is 6.67. The summed E-state index contributed by atoms with van der Waals surface area (Å²) in [6, 6.07) is 0. The standard InChI is InChI=1S/C15H28O/c1-4-5-12-15(16)13-10-8-6-7-9-11-14(2)3/h4-5,12,14,16H,6-11,13H2,1-3H3. The van der Waals surface area contributed by atoms with E-state index in [0.29, 0.717) is 5.76 Å². The van der Waals surface area contributed by atoms with Crippen molar-refractivity contribution in [3.8, 4) is 0 Å². The molecule has 0 aromatic heterocycles. The smallest absolute Gasteiger partial charge is 0.0922 e. The maximum Gasteiger partial charge on any atom is 0.0922 e. The minimum Gasteiger partial charge on any atom is -0.512 e. The Morgan fingerprint density at radius 1 is 1.06 bits per heavy atom. The number of allylic oxidation sites excluding steroid dienone is 4. The van der Waals surface area contributed by atoms with E-state index in [0.717, 1.165) is 18.8 Å². The van der Waals surface area contributed by atoms with E-state index in [-0.39, 0.29) is 0 Å². The van der Waals surface area contributed by atoms with Gasteiger partial charge in [0, 0.05) is 6.42 Å². The number of aliphatic hydroxyl groups excluding tert-OH is 1. The molecule has 0 aromatic rings. The largest absolute Gasteiger partial charge is 0.512 e. The van der Waals surface area contributed by atoms with Crippen molar-refractivity contribution in [2.45, 2.75) is 65.7 Å². The molecule has 0 saturated heterocycles. The maximum atomic E-state index is 9.47. The van der Waals surface area contributed by atoms with Gasteiger partial charge in [-0.15, -0.1) is 0 Å². The fraction of sp³-hybridized carbons (Fsp3) is 0.733. The third kappa shape index (κ3) is 11.4. The Morgan fingerprint density at radius 2 is 1.69 bits per heavy atom. The molecule has 16 heavy (non-hydrogen) atoms. The number of hydrogen-bond donors (Lipinski definition) is 1. The first kappa shape index (κ1) is 15.3. The third-order valence-electron chi connectivity index (χ3n) is 2.70. The van der Waals surface area contributed by atoms with E-state index in [1.807, 2.05) is 19.1 Å². The summed E-state index contributed by atoms with van der Waals surface area (Å²) in [5.41, 5.74) is 0. The van der Waals surface area contributed by atoms with Crippen molar-refractivity contribution in [2.75, 3.05) is 0 Å². The van der Waals surface area contributed by atoms with Crippen LogP contribution in [-0.2, 0) is 0 Å². The quantitative estimate of drug-likeness (QED) is 0.316. The van der Waals surface area contributed by atoms with Crippen LogP contribution in [0.25, 0.3) is 0 Å². The van der Waals surface area contributed by atoms with Gasteiger partial charge in [0.1, 0.15) is 0 Å². The van der Waals surface area contributed by atoms with Crippen molar-refractivity contribution < 1.29 is 5.11 Å². The molecule has 1 nitrogen and oxygen atoms in total. The monoisotopic (exact) mass is 224 g/mol. The van der Waals surface area contributed by atoms with Crippen LogP contribution in [0.2, 0.25) is 0 Å². The molecule has 0 heterocycles. The van der Waals surface area contributed by atoms with Crippen molar-refractivity contribution in [2.24, 2.45) is 5.92 Å². The van der Waals surface area contributed by atoms with Gasteiger partial charge >= 0.3 is 0 Å². The topological polar surface area (TPSA) is 20.2 Å². The number of unbranched alkanes of at least 4 members (excludes halogenated alkanes) is 4. The van der Waals surface area contributed by atoms with E-state index >= 15 is 0 Å². The van der Waals surface area contributed by atoms with Crippen LogP contribution in [-0.4, -0.2) is 5.11 Å². The van der Waals surface area contributed by atoms with Crippen LogP contribution in [0.3, 0.4) is 0 Å². The zero-order valence-electron chi connectivity index (χ0n) is 11.2. The van der Waals surface area contributed by atoms with Gasteiger partial charge in [-0.25, -0.2) is 0 Å². The molecule has 0 aliphatic heterocycles. The summed E-state index contributed by atoms with van der Waals surface area (Å²) in [5, 5.41) is 9.47. The molecular formula is C15H28O. The lowest BCUT2D eigenvalue weighted by Crippen LogP contribution is -1.87. The van der Waals surface area contributed by atoms with Gasteiger partial charge in [0.05, 0.1) is 5.76 Å². The van der Waals surface area contributed by atoms with Gasteiger partial charge < -0.3 is 5.11 Å². The van der Waals surface area contributed by atoms with Gasteiger partial charge in [0.15, 0.2) is 0 Å². The van der Waals surface area contributed by atoms with Gasteiger partial charge in [-0.3, -0.25) is 0 Å². The lowest BCUT2D eigenvalue weighted by Gasteiger charge is -2.04. The minimum absolute atomic E-state index is 0.514. The summed E-state index contributed by atoms with van der Waals surface area (Å²) >= 11 is 0. The highest BCUT2D eigenvalue weighted by Crippen LogP contribution is 2.12. The third-order valence-corrected chi connectivity index (χ3v) is 2.70. The van der Waals surface area contributed by atoms with E-state index in [9.17, 15) is 5.11 Å². The Bertz CT molecular complexity index is 201. The summed E-state index contributed by atoms with van der Waals surface area (Å²) in [5.74, 6) is 1.35. The highest BCUT2D eigenvalue weighted by molar-refractivity contribution is 5.05. The Kier molecular flexibility index (Phi) is 10.3. The second kappa shape index (κ2) is 10.8. The zero-order chi connectivity index (χ0) is 12.2. The average molecular weight is 224 g/mol. The van der Waals surface area contributed by atoms with Crippen molar-refractivity contribution in [3.63, 3.8) is 0 Å². The second-order valence-electron chi connectivity index (χ2n) is 4.88. The van der Waals surface area contributed by atoms with Crippen LogP contribution in [0.5, 0.6) is 0 Å². The summed E-state index contributed by atoms with van der Waals surface area (Å²) < 4.78 is 0. The van der Waals surface area contributed by atoms with Crippen molar-refractivity contribution in [1.29, 1.82) is 0 Å². The summed E-state index contributed by atoms with van der Waals surface area (Å²) in [4.78, 5) is 0. The molecule has 0 saturated carbocycles. The highest BCUT2D eigenvalue weighted by Gasteiger charge is 1.96. The zero-order valence-corrected chi connectivity index (χ0v) is 11.2. The average Bonchev–Trinajstić information content (AvgIpc) is 2.24. The minimum atomic E-state index is 0.514. The molecule has 0 unspecified atom stereocenters. The van der Waals surface area contributed by atoms with Crippen LogP contribution in [0.1, 0.15) is 65.7 Å². The normalized spacial score (nSPS) is 12.9. The molecule has 0 radical (unpaired) electrons. The number of hydrogen-bond acceptors (Lipinski definition) is 1. The van der Waals surface area contributed by atoms with Crippen LogP contribution in [0.4, 0.5) is 0 Å². The lowest BCUT2D eigenvalue weighted by atomic mass is 10.0. The summed E-state index contributed by atoms with van der Waals surface area (Å²) in [6.07, 6.45) is 14.2. The predicted octanol–water partition coefficient (Wildman–Crippen LogP) is 5.39. The van der Waals surface area contributed by atoms with Crippen molar-refractivity contribution >= 4 is 0 Å². The van der Waals surface area contributed by atoms with E-state index in [1.54, 1.807) is 6.08 Å². The van der Waals surface area contributed by atoms with Gasteiger partial charge in [0.2, 0.25) is 0 Å². The molecule has 0 rings (SSSR count). The van der Waals surface area contributed by atoms with Gasteiger partial charge in [-0.2, -0.15) is 0 Å². The molecule has 0 aromatic carbocycles. The molecule has 0 amide bonds. The predicted molar refractivity (Wildman–Crippen MR) is 72.7 cm³/mol. The van der Waals surface area contributed by atoms with Gasteiger partial charge in [-0.05, 0) is 25.3 Å². The first-order valence-corrected chi connectivity index (χ1v) is 6.67. The van der Waals surface area contributed by atoms with E-state index < -0.39 is 0 Å². The maximum absolute atomic E-state index is 9.47. The van der Waals surface area contributed by atoms with Crippen molar-refractivity contribution in [3.05, 3.63) is 24.0 Å². The van der Waals surface area contributed by atoms with Crippen LogP contribution in [0, 0.1) is 5.92 Å². The van der Waals surface area contributed by atoms with Crippen LogP contribution < -0.4 is 0 Å². The number of rotatable bonds is 9. The Labute approximate surface area is 101 Å². The van der Waals surface area contributed by atoms with Crippen LogP contribution >= 0.6 is 0 Å². The first-order chi connectivity index (χ1) is 7.66. The van der Waals surface area contributed by atoms with Gasteiger partial charge in [-0.1, -0.05) is 58.1 Å².